The quantitative estimate of drug-likeness (QED) is 0.791. The van der Waals surface area contributed by atoms with Crippen molar-refractivity contribution in [2.45, 2.75) is 45.2 Å². The van der Waals surface area contributed by atoms with E-state index in [4.69, 9.17) is 0 Å². The first-order valence-electron chi connectivity index (χ1n) is 10.7. The first-order valence-corrected chi connectivity index (χ1v) is 10.7. The van der Waals surface area contributed by atoms with E-state index < -0.39 is 0 Å². The predicted molar refractivity (Wildman–Crippen MR) is 110 cm³/mol. The molecule has 3 aliphatic rings. The van der Waals surface area contributed by atoms with Gasteiger partial charge in [0.15, 0.2) is 0 Å². The molecule has 2 saturated heterocycles. The molecule has 6 nitrogen and oxygen atoms in total. The lowest BCUT2D eigenvalue weighted by atomic mass is 10.0. The first kappa shape index (κ1) is 19.4. The Bertz CT molecular complexity index is 719. The van der Waals surface area contributed by atoms with Gasteiger partial charge in [0.1, 0.15) is 6.54 Å². The van der Waals surface area contributed by atoms with E-state index in [1.54, 1.807) is 4.90 Å². The average Bonchev–Trinajstić information content (AvgIpc) is 3.03. The molecular weight excluding hydrogens is 352 g/mol. The van der Waals surface area contributed by atoms with Gasteiger partial charge in [0, 0.05) is 57.0 Å². The van der Waals surface area contributed by atoms with Crippen molar-refractivity contribution >= 4 is 17.5 Å². The molecule has 1 aromatic rings. The van der Waals surface area contributed by atoms with Gasteiger partial charge in [-0.1, -0.05) is 18.2 Å². The minimum absolute atomic E-state index is 0.0347. The number of amides is 2. The van der Waals surface area contributed by atoms with E-state index in [2.05, 4.69) is 23.6 Å². The Morgan fingerprint density at radius 3 is 2.39 bits per heavy atom. The molecule has 0 spiro atoms. The second-order valence-corrected chi connectivity index (χ2v) is 8.56. The molecule has 2 amide bonds. The van der Waals surface area contributed by atoms with E-state index in [-0.39, 0.29) is 18.4 Å². The minimum Gasteiger partial charge on any atom is -0.341 e. The number of carbonyl (C=O) groups is 2. The number of hydrogen-bond donors (Lipinski definition) is 0. The molecule has 152 valence electrons. The summed E-state index contributed by atoms with van der Waals surface area (Å²) in [7, 11) is 0. The number of carbonyl (C=O) groups excluding carboxylic acids is 2. The van der Waals surface area contributed by atoms with Gasteiger partial charge in [0.2, 0.25) is 11.8 Å². The van der Waals surface area contributed by atoms with Crippen LogP contribution in [0, 0.1) is 0 Å². The van der Waals surface area contributed by atoms with E-state index in [1.165, 1.54) is 0 Å². The maximum atomic E-state index is 12.8. The van der Waals surface area contributed by atoms with Crippen LogP contribution in [0.2, 0.25) is 0 Å². The lowest BCUT2D eigenvalue weighted by Gasteiger charge is -2.43. The smallest absolute Gasteiger partial charge is 0.242 e. The van der Waals surface area contributed by atoms with Crippen molar-refractivity contribution in [1.82, 2.24) is 14.7 Å². The topological polar surface area (TPSA) is 47.1 Å². The van der Waals surface area contributed by atoms with Crippen LogP contribution in [0.4, 0.5) is 5.69 Å². The van der Waals surface area contributed by atoms with Gasteiger partial charge in [-0.25, -0.2) is 0 Å². The SMILES string of the molecule is CC(C)N1CCN(C2CCN(C(=O)CN3C(=O)Cc4ccccc43)CC2)CC1. The van der Waals surface area contributed by atoms with Gasteiger partial charge in [-0.05, 0) is 38.3 Å². The molecule has 3 aliphatic heterocycles. The lowest BCUT2D eigenvalue weighted by molar-refractivity contribution is -0.132. The molecular formula is C22H32N4O2. The van der Waals surface area contributed by atoms with Crippen LogP contribution in [0.25, 0.3) is 0 Å². The second kappa shape index (κ2) is 8.21. The largest absolute Gasteiger partial charge is 0.341 e. The Morgan fingerprint density at radius 2 is 1.71 bits per heavy atom. The van der Waals surface area contributed by atoms with Crippen LogP contribution in [0.3, 0.4) is 0 Å². The van der Waals surface area contributed by atoms with E-state index in [9.17, 15) is 9.59 Å². The van der Waals surface area contributed by atoms with Crippen molar-refractivity contribution in [1.29, 1.82) is 0 Å². The molecule has 6 heteroatoms. The number of rotatable bonds is 4. The number of benzene rings is 1. The number of piperazine rings is 1. The monoisotopic (exact) mass is 384 g/mol. The average molecular weight is 385 g/mol. The summed E-state index contributed by atoms with van der Waals surface area (Å²) in [4.78, 5) is 33.9. The molecule has 2 fully saturated rings. The van der Waals surface area contributed by atoms with Crippen LogP contribution in [0.1, 0.15) is 32.3 Å². The molecule has 0 radical (unpaired) electrons. The van der Waals surface area contributed by atoms with E-state index in [0.29, 0.717) is 18.5 Å². The predicted octanol–water partition coefficient (Wildman–Crippen LogP) is 1.59. The molecule has 3 heterocycles. The van der Waals surface area contributed by atoms with Crippen molar-refractivity contribution in [3.8, 4) is 0 Å². The number of hydrogen-bond acceptors (Lipinski definition) is 4. The summed E-state index contributed by atoms with van der Waals surface area (Å²) in [5.74, 6) is 0.112. The highest BCUT2D eigenvalue weighted by Gasteiger charge is 2.33. The van der Waals surface area contributed by atoms with Crippen LogP contribution in [-0.4, -0.2) is 84.4 Å². The third-order valence-electron chi connectivity index (χ3n) is 6.63. The van der Waals surface area contributed by atoms with Crippen molar-refractivity contribution in [3.05, 3.63) is 29.8 Å². The van der Waals surface area contributed by atoms with Gasteiger partial charge in [-0.3, -0.25) is 19.4 Å². The van der Waals surface area contributed by atoms with Gasteiger partial charge < -0.3 is 9.80 Å². The first-order chi connectivity index (χ1) is 13.5. The number of para-hydroxylation sites is 1. The number of anilines is 1. The highest BCUT2D eigenvalue weighted by atomic mass is 16.2. The van der Waals surface area contributed by atoms with E-state index in [0.717, 1.165) is 63.4 Å². The Morgan fingerprint density at radius 1 is 1.04 bits per heavy atom. The third kappa shape index (κ3) is 3.94. The van der Waals surface area contributed by atoms with E-state index in [1.807, 2.05) is 29.2 Å². The number of nitrogens with zero attached hydrogens (tertiary/aromatic N) is 4. The zero-order valence-electron chi connectivity index (χ0n) is 17.1. The molecule has 28 heavy (non-hydrogen) atoms. The molecule has 0 unspecified atom stereocenters. The fourth-order valence-corrected chi connectivity index (χ4v) is 4.82. The van der Waals surface area contributed by atoms with Crippen molar-refractivity contribution in [2.75, 3.05) is 50.7 Å². The van der Waals surface area contributed by atoms with Gasteiger partial charge in [-0.2, -0.15) is 0 Å². The number of likely N-dealkylation sites (tertiary alicyclic amines) is 1. The molecule has 0 bridgehead atoms. The Balaban J connectivity index is 1.27. The Kier molecular flexibility index (Phi) is 5.69. The molecule has 0 atom stereocenters. The molecule has 1 aromatic carbocycles. The van der Waals surface area contributed by atoms with Crippen LogP contribution >= 0.6 is 0 Å². The summed E-state index contributed by atoms with van der Waals surface area (Å²) in [6, 6.07) is 9.01. The molecule has 0 saturated carbocycles. The van der Waals surface area contributed by atoms with Gasteiger partial charge in [0.25, 0.3) is 0 Å². The fourth-order valence-electron chi connectivity index (χ4n) is 4.82. The summed E-state index contributed by atoms with van der Waals surface area (Å²) >= 11 is 0. The standard InChI is InChI=1S/C22H32N4O2/c1-17(2)23-11-13-24(14-12-23)19-7-9-25(10-8-19)22(28)16-26-20-6-4-3-5-18(20)15-21(26)27/h3-6,17,19H,7-16H2,1-2H3. The summed E-state index contributed by atoms with van der Waals surface area (Å²) in [5.41, 5.74) is 1.93. The normalized spacial score (nSPS) is 22.2. The van der Waals surface area contributed by atoms with Crippen molar-refractivity contribution in [3.63, 3.8) is 0 Å². The molecule has 0 aliphatic carbocycles. The van der Waals surface area contributed by atoms with E-state index >= 15 is 0 Å². The van der Waals surface area contributed by atoms with Gasteiger partial charge in [0.05, 0.1) is 6.42 Å². The second-order valence-electron chi connectivity index (χ2n) is 8.56. The summed E-state index contributed by atoms with van der Waals surface area (Å²) < 4.78 is 0. The maximum Gasteiger partial charge on any atom is 0.242 e. The lowest BCUT2D eigenvalue weighted by Crippen LogP contribution is -2.55. The fraction of sp³-hybridized carbons (Fsp3) is 0.636. The highest BCUT2D eigenvalue weighted by molar-refractivity contribution is 6.04. The zero-order valence-corrected chi connectivity index (χ0v) is 17.1. The van der Waals surface area contributed by atoms with Gasteiger partial charge in [-0.15, -0.1) is 0 Å². The van der Waals surface area contributed by atoms with Crippen LogP contribution < -0.4 is 4.90 Å². The van der Waals surface area contributed by atoms with Crippen LogP contribution in [0.5, 0.6) is 0 Å². The number of piperidine rings is 1. The summed E-state index contributed by atoms with van der Waals surface area (Å²) in [5, 5.41) is 0. The minimum atomic E-state index is 0.0347. The third-order valence-corrected chi connectivity index (χ3v) is 6.63. The number of fused-ring (bicyclic) bond motifs is 1. The summed E-state index contributed by atoms with van der Waals surface area (Å²) in [6.45, 7) is 10.9. The Hall–Kier alpha value is -1.92. The molecule has 4 rings (SSSR count). The Labute approximate surface area is 168 Å². The van der Waals surface area contributed by atoms with Crippen molar-refractivity contribution in [2.24, 2.45) is 0 Å². The maximum absolute atomic E-state index is 12.8. The summed E-state index contributed by atoms with van der Waals surface area (Å²) in [6.07, 6.45) is 2.49. The molecule has 0 N–H and O–H groups in total. The van der Waals surface area contributed by atoms with Crippen molar-refractivity contribution < 1.29 is 9.59 Å². The molecule has 0 aromatic heterocycles. The van der Waals surface area contributed by atoms with Crippen LogP contribution in [0.15, 0.2) is 24.3 Å². The zero-order chi connectivity index (χ0) is 19.7. The van der Waals surface area contributed by atoms with Crippen LogP contribution in [-0.2, 0) is 16.0 Å². The highest BCUT2D eigenvalue weighted by Crippen LogP contribution is 2.28. The van der Waals surface area contributed by atoms with Gasteiger partial charge >= 0.3 is 0 Å².